The second-order valence-electron chi connectivity index (χ2n) is 8.38. The van der Waals surface area contributed by atoms with Crippen LogP contribution < -0.4 is 15.6 Å². The van der Waals surface area contributed by atoms with Gasteiger partial charge in [0.25, 0.3) is 5.91 Å². The fourth-order valence-corrected chi connectivity index (χ4v) is 4.76. The number of nitrogens with zero attached hydrogens (tertiary/aromatic N) is 6. The number of carbonyl (C=O) groups is 1. The molecule has 1 amide bonds. The lowest BCUT2D eigenvalue weighted by Gasteiger charge is -2.26. The number of aromatic amines is 1. The van der Waals surface area contributed by atoms with Crippen LogP contribution in [0.2, 0.25) is 0 Å². The molecule has 0 bridgehead atoms. The van der Waals surface area contributed by atoms with Gasteiger partial charge in [-0.2, -0.15) is 10.1 Å². The van der Waals surface area contributed by atoms with Crippen LogP contribution in [0.25, 0.3) is 0 Å². The summed E-state index contributed by atoms with van der Waals surface area (Å²) in [5.74, 6) is 2.50. The molecule has 4 heterocycles. The fraction of sp³-hybridized carbons (Fsp3) is 0.550. The molecule has 1 aliphatic carbocycles. The summed E-state index contributed by atoms with van der Waals surface area (Å²) >= 11 is 1.39. The van der Waals surface area contributed by atoms with Crippen molar-refractivity contribution in [1.82, 2.24) is 30.0 Å². The number of nitrogens with one attached hydrogen (secondary N) is 3. The third-order valence-corrected chi connectivity index (χ3v) is 6.60. The quantitative estimate of drug-likeness (QED) is 0.586. The molecule has 5 rings (SSSR count). The summed E-state index contributed by atoms with van der Waals surface area (Å²) in [7, 11) is 0. The summed E-state index contributed by atoms with van der Waals surface area (Å²) in [5, 5.41) is 10.9. The van der Waals surface area contributed by atoms with E-state index in [0.717, 1.165) is 67.2 Å². The molecule has 0 radical (unpaired) electrons. The maximum Gasteiger partial charge on any atom is 0.257 e. The first kappa shape index (κ1) is 20.3. The zero-order valence-electron chi connectivity index (χ0n) is 17.8. The van der Waals surface area contributed by atoms with Gasteiger partial charge in [-0.15, -0.1) is 4.41 Å². The molecule has 31 heavy (non-hydrogen) atoms. The van der Waals surface area contributed by atoms with Crippen molar-refractivity contribution in [2.75, 3.05) is 23.4 Å². The molecular weight excluding hydrogens is 414 g/mol. The number of hydrazine groups is 1. The molecule has 0 saturated carbocycles. The summed E-state index contributed by atoms with van der Waals surface area (Å²) in [4.78, 5) is 28.8. The van der Waals surface area contributed by atoms with Crippen LogP contribution in [0.3, 0.4) is 0 Å². The van der Waals surface area contributed by atoms with Gasteiger partial charge in [-0.05, 0) is 50.0 Å². The topological polar surface area (TPSA) is 114 Å². The second-order valence-corrected chi connectivity index (χ2v) is 9.24. The molecule has 1 fully saturated rings. The predicted octanol–water partition coefficient (Wildman–Crippen LogP) is 2.50. The number of carbonyl (C=O) groups excluding carboxylic acids is 1. The second kappa shape index (κ2) is 8.46. The lowest BCUT2D eigenvalue weighted by Crippen LogP contribution is -2.48. The van der Waals surface area contributed by atoms with E-state index in [0.29, 0.717) is 18.5 Å². The van der Waals surface area contributed by atoms with Gasteiger partial charge < -0.3 is 10.2 Å². The number of fused-ring (bicyclic) bond motifs is 1. The molecule has 3 N–H and O–H groups in total. The standard InChI is InChI=1S/C20H27N9OS/c1-12(2)15-9-17(26-25-15)23-18-13-5-3-6-14(13)22-20(24-18)28-8-4-7-16(28)19(30)27-29-10-21-11-31-29/h9,11-12,16H,3-8,10H2,1-2H3,(H,27,30)(H2,22,23,24,25,26)/t16-/m0/s1. The average molecular weight is 442 g/mol. The predicted molar refractivity (Wildman–Crippen MR) is 121 cm³/mol. The highest BCUT2D eigenvalue weighted by molar-refractivity contribution is 8.10. The van der Waals surface area contributed by atoms with Crippen LogP contribution in [0, 0.1) is 0 Å². The largest absolute Gasteiger partial charge is 0.329 e. The van der Waals surface area contributed by atoms with E-state index in [1.54, 1.807) is 9.96 Å². The van der Waals surface area contributed by atoms with Crippen molar-refractivity contribution < 1.29 is 4.79 Å². The van der Waals surface area contributed by atoms with Gasteiger partial charge in [0, 0.05) is 23.9 Å². The van der Waals surface area contributed by atoms with Crippen molar-refractivity contribution >= 4 is 41.0 Å². The number of hydrogen-bond donors (Lipinski definition) is 3. The molecule has 2 aromatic heterocycles. The van der Waals surface area contributed by atoms with E-state index in [1.807, 2.05) is 11.0 Å². The zero-order chi connectivity index (χ0) is 21.4. The summed E-state index contributed by atoms with van der Waals surface area (Å²) in [6.07, 6.45) is 4.67. The van der Waals surface area contributed by atoms with Crippen LogP contribution in [0.4, 0.5) is 17.6 Å². The van der Waals surface area contributed by atoms with E-state index in [2.05, 4.69) is 39.8 Å². The molecule has 2 aliphatic heterocycles. The van der Waals surface area contributed by atoms with Gasteiger partial charge in [0.05, 0.1) is 11.2 Å². The minimum absolute atomic E-state index is 0.0389. The van der Waals surface area contributed by atoms with Crippen LogP contribution in [0.15, 0.2) is 11.1 Å². The van der Waals surface area contributed by atoms with Crippen molar-refractivity contribution in [1.29, 1.82) is 0 Å². The SMILES string of the molecule is CC(C)c1cc(Nc2nc(N3CCC[C@H]3C(=O)NN3CN=CS3)nc3c2CCC3)n[nH]1. The molecule has 3 aliphatic rings. The van der Waals surface area contributed by atoms with Gasteiger partial charge in [0.2, 0.25) is 5.95 Å². The molecule has 10 nitrogen and oxygen atoms in total. The van der Waals surface area contributed by atoms with Gasteiger partial charge in [-0.3, -0.25) is 20.3 Å². The normalized spacial score (nSPS) is 20.6. The van der Waals surface area contributed by atoms with Gasteiger partial charge in [-0.1, -0.05) is 13.8 Å². The number of aromatic nitrogens is 4. The molecule has 11 heteroatoms. The number of amides is 1. The van der Waals surface area contributed by atoms with Crippen LogP contribution in [0.1, 0.15) is 56.0 Å². The third-order valence-electron chi connectivity index (χ3n) is 5.89. The molecule has 0 unspecified atom stereocenters. The average Bonchev–Trinajstić information content (AvgIpc) is 3.53. The van der Waals surface area contributed by atoms with E-state index in [1.165, 1.54) is 11.9 Å². The molecule has 1 atom stereocenters. The lowest BCUT2D eigenvalue weighted by molar-refractivity contribution is -0.124. The fourth-order valence-electron chi connectivity index (χ4n) is 4.24. The monoisotopic (exact) mass is 441 g/mol. The molecule has 2 aromatic rings. The van der Waals surface area contributed by atoms with E-state index in [4.69, 9.17) is 9.97 Å². The van der Waals surface area contributed by atoms with Gasteiger partial charge in [-0.25, -0.2) is 4.98 Å². The highest BCUT2D eigenvalue weighted by Crippen LogP contribution is 2.32. The van der Waals surface area contributed by atoms with Crippen LogP contribution in [-0.2, 0) is 17.6 Å². The Balaban J connectivity index is 1.39. The Hall–Kier alpha value is -2.66. The third kappa shape index (κ3) is 4.11. The van der Waals surface area contributed by atoms with Crippen molar-refractivity contribution in [3.8, 4) is 0 Å². The Morgan fingerprint density at radius 3 is 2.97 bits per heavy atom. The number of hydrogen-bond acceptors (Lipinski definition) is 9. The van der Waals surface area contributed by atoms with E-state index in [-0.39, 0.29) is 11.9 Å². The van der Waals surface area contributed by atoms with Crippen LogP contribution >= 0.6 is 11.9 Å². The van der Waals surface area contributed by atoms with Gasteiger partial charge >= 0.3 is 0 Å². The van der Waals surface area contributed by atoms with Crippen molar-refractivity contribution in [2.45, 2.75) is 57.9 Å². The lowest BCUT2D eigenvalue weighted by atomic mass is 10.1. The Bertz CT molecular complexity index is 997. The van der Waals surface area contributed by atoms with E-state index < -0.39 is 0 Å². The first-order valence-electron chi connectivity index (χ1n) is 10.8. The first-order valence-corrected chi connectivity index (χ1v) is 11.6. The zero-order valence-corrected chi connectivity index (χ0v) is 18.6. The summed E-state index contributed by atoms with van der Waals surface area (Å²) in [5.41, 5.74) is 7.98. The number of aryl methyl sites for hydroxylation is 1. The minimum atomic E-state index is -0.286. The van der Waals surface area contributed by atoms with Crippen molar-refractivity contribution in [3.63, 3.8) is 0 Å². The molecule has 164 valence electrons. The highest BCUT2D eigenvalue weighted by atomic mass is 32.2. The Morgan fingerprint density at radius 1 is 1.29 bits per heavy atom. The van der Waals surface area contributed by atoms with Crippen LogP contribution in [-0.4, -0.2) is 55.3 Å². The number of H-pyrrole nitrogens is 1. The van der Waals surface area contributed by atoms with Crippen LogP contribution in [0.5, 0.6) is 0 Å². The van der Waals surface area contributed by atoms with Crippen molar-refractivity contribution in [2.24, 2.45) is 4.99 Å². The number of aliphatic imine (C=N–C) groups is 1. The van der Waals surface area contributed by atoms with Gasteiger partial charge in [0.1, 0.15) is 18.5 Å². The van der Waals surface area contributed by atoms with E-state index >= 15 is 0 Å². The number of rotatable bonds is 6. The summed E-state index contributed by atoms with van der Waals surface area (Å²) < 4.78 is 1.74. The Morgan fingerprint density at radius 2 is 2.19 bits per heavy atom. The maximum absolute atomic E-state index is 12.9. The minimum Gasteiger partial charge on any atom is -0.329 e. The Kier molecular flexibility index (Phi) is 5.53. The molecule has 0 aromatic carbocycles. The van der Waals surface area contributed by atoms with Crippen molar-refractivity contribution in [3.05, 3.63) is 23.0 Å². The molecule has 1 saturated heterocycles. The summed E-state index contributed by atoms with van der Waals surface area (Å²) in [6.45, 7) is 5.49. The van der Waals surface area contributed by atoms with Gasteiger partial charge in [0.15, 0.2) is 5.82 Å². The first-order chi connectivity index (χ1) is 15.1. The molecular formula is C20H27N9OS. The smallest absolute Gasteiger partial charge is 0.257 e. The summed E-state index contributed by atoms with van der Waals surface area (Å²) in [6, 6.07) is 1.74. The Labute approximate surface area is 185 Å². The number of anilines is 3. The molecule has 0 spiro atoms. The highest BCUT2D eigenvalue weighted by Gasteiger charge is 2.35. The maximum atomic E-state index is 12.9. The van der Waals surface area contributed by atoms with E-state index in [9.17, 15) is 4.79 Å².